The van der Waals surface area contributed by atoms with Crippen molar-refractivity contribution in [2.45, 2.75) is 13.0 Å². The summed E-state index contributed by atoms with van der Waals surface area (Å²) in [6.45, 7) is 1.65. The van der Waals surface area contributed by atoms with Gasteiger partial charge in [0, 0.05) is 12.2 Å². The van der Waals surface area contributed by atoms with Crippen LogP contribution >= 0.6 is 24.0 Å². The van der Waals surface area contributed by atoms with Gasteiger partial charge in [-0.05, 0) is 13.0 Å². The van der Waals surface area contributed by atoms with E-state index >= 15 is 0 Å². The molecule has 12 heavy (non-hydrogen) atoms. The molecule has 0 amide bonds. The van der Waals surface area contributed by atoms with Gasteiger partial charge in [-0.1, -0.05) is 11.6 Å². The summed E-state index contributed by atoms with van der Waals surface area (Å²) in [7, 11) is 0. The molecule has 0 aliphatic heterocycles. The summed E-state index contributed by atoms with van der Waals surface area (Å²) in [6.07, 6.45) is 1.43. The Morgan fingerprint density at radius 1 is 1.67 bits per heavy atom. The Morgan fingerprint density at radius 2 is 2.25 bits per heavy atom. The van der Waals surface area contributed by atoms with Crippen molar-refractivity contribution >= 4 is 24.0 Å². The summed E-state index contributed by atoms with van der Waals surface area (Å²) in [6, 6.07) is 0.969. The van der Waals surface area contributed by atoms with Crippen molar-refractivity contribution in [3.63, 3.8) is 0 Å². The molecule has 0 saturated heterocycles. The monoisotopic (exact) mass is 210 g/mol. The maximum atomic E-state index is 13.0. The lowest BCUT2D eigenvalue weighted by molar-refractivity contribution is 0.579. The van der Waals surface area contributed by atoms with Gasteiger partial charge in [-0.25, -0.2) is 4.39 Å². The maximum Gasteiger partial charge on any atom is 0.164 e. The van der Waals surface area contributed by atoms with E-state index in [0.717, 1.165) is 0 Å². The van der Waals surface area contributed by atoms with Crippen LogP contribution in [0.25, 0.3) is 0 Å². The van der Waals surface area contributed by atoms with Gasteiger partial charge >= 0.3 is 0 Å². The molecule has 1 heterocycles. The largest absolute Gasteiger partial charge is 0.323 e. The zero-order valence-electron chi connectivity index (χ0n) is 6.42. The number of aromatic nitrogens is 1. The summed E-state index contributed by atoms with van der Waals surface area (Å²) < 4.78 is 13.0. The number of pyridine rings is 1. The lowest BCUT2D eigenvalue weighted by Crippen LogP contribution is -2.09. The van der Waals surface area contributed by atoms with E-state index in [2.05, 4.69) is 4.98 Å². The highest BCUT2D eigenvalue weighted by Gasteiger charge is 2.10. The van der Waals surface area contributed by atoms with Crippen molar-refractivity contribution in [2.24, 2.45) is 5.73 Å². The van der Waals surface area contributed by atoms with Crippen molar-refractivity contribution in [3.8, 4) is 0 Å². The van der Waals surface area contributed by atoms with Crippen LogP contribution in [0.15, 0.2) is 12.3 Å². The predicted octanol–water partition coefficient (Wildman–Crippen LogP) is 2.32. The zero-order chi connectivity index (χ0) is 8.43. The number of hydrogen-bond donors (Lipinski definition) is 1. The number of halogens is 3. The Labute approximate surface area is 81.3 Å². The number of nitrogens with two attached hydrogens (primary N) is 1. The van der Waals surface area contributed by atoms with E-state index in [4.69, 9.17) is 17.3 Å². The minimum atomic E-state index is -0.524. The van der Waals surface area contributed by atoms with E-state index in [9.17, 15) is 4.39 Å². The zero-order valence-corrected chi connectivity index (χ0v) is 7.99. The van der Waals surface area contributed by atoms with Crippen molar-refractivity contribution in [3.05, 3.63) is 28.8 Å². The van der Waals surface area contributed by atoms with Crippen LogP contribution in [-0.2, 0) is 0 Å². The van der Waals surface area contributed by atoms with Crippen molar-refractivity contribution in [1.29, 1.82) is 0 Å². The highest BCUT2D eigenvalue weighted by molar-refractivity contribution is 6.30. The second kappa shape index (κ2) is 4.60. The summed E-state index contributed by atoms with van der Waals surface area (Å²) in [5.74, 6) is -0.524. The Morgan fingerprint density at radius 3 is 2.67 bits per heavy atom. The quantitative estimate of drug-likeness (QED) is 0.773. The van der Waals surface area contributed by atoms with E-state index in [1.54, 1.807) is 6.92 Å². The normalized spacial score (nSPS) is 12.0. The molecule has 0 bridgehead atoms. The topological polar surface area (TPSA) is 38.9 Å². The van der Waals surface area contributed by atoms with Crippen LogP contribution in [0.3, 0.4) is 0 Å². The fourth-order valence-corrected chi connectivity index (χ4v) is 0.906. The van der Waals surface area contributed by atoms with E-state index < -0.39 is 11.9 Å². The molecule has 2 N–H and O–H groups in total. The van der Waals surface area contributed by atoms with Crippen molar-refractivity contribution < 1.29 is 4.39 Å². The molecule has 5 heteroatoms. The SMILES string of the molecule is C[C@@H](N)c1nccc(Cl)c1F.Cl. The molecule has 0 aliphatic rings. The van der Waals surface area contributed by atoms with Gasteiger partial charge in [0.1, 0.15) is 0 Å². The Kier molecular flexibility index (Phi) is 4.45. The van der Waals surface area contributed by atoms with Crippen LogP contribution in [0, 0.1) is 5.82 Å². The molecule has 0 aromatic carbocycles. The van der Waals surface area contributed by atoms with Gasteiger partial charge in [0.05, 0.1) is 10.7 Å². The summed E-state index contributed by atoms with van der Waals surface area (Å²) in [4.78, 5) is 3.75. The minimum Gasteiger partial charge on any atom is -0.323 e. The molecule has 1 atom stereocenters. The van der Waals surface area contributed by atoms with Gasteiger partial charge < -0.3 is 5.73 Å². The fraction of sp³-hybridized carbons (Fsp3) is 0.286. The molecule has 0 saturated carbocycles. The van der Waals surface area contributed by atoms with Gasteiger partial charge in [0.25, 0.3) is 0 Å². The number of rotatable bonds is 1. The molecule has 0 unspecified atom stereocenters. The molecule has 1 aromatic heterocycles. The van der Waals surface area contributed by atoms with Crippen LogP contribution in [0.1, 0.15) is 18.7 Å². The third kappa shape index (κ3) is 2.30. The van der Waals surface area contributed by atoms with Crippen LogP contribution < -0.4 is 5.73 Å². The second-order valence-corrected chi connectivity index (χ2v) is 2.69. The molecule has 1 rings (SSSR count). The molecule has 0 spiro atoms. The first-order chi connectivity index (χ1) is 5.13. The average molecular weight is 211 g/mol. The second-order valence-electron chi connectivity index (χ2n) is 2.28. The Bertz CT molecular complexity index is 266. The molecule has 1 aromatic rings. The average Bonchev–Trinajstić information content (AvgIpc) is 1.94. The summed E-state index contributed by atoms with van der Waals surface area (Å²) in [5.41, 5.74) is 5.63. The lowest BCUT2D eigenvalue weighted by atomic mass is 10.2. The van der Waals surface area contributed by atoms with Crippen LogP contribution in [0.2, 0.25) is 5.02 Å². The Balaban J connectivity index is 0.00000121. The molecule has 0 radical (unpaired) electrons. The molecular weight excluding hydrogens is 202 g/mol. The summed E-state index contributed by atoms with van der Waals surface area (Å²) >= 11 is 5.49. The van der Waals surface area contributed by atoms with Crippen LogP contribution in [0.4, 0.5) is 4.39 Å². The minimum absolute atomic E-state index is 0. The third-order valence-electron chi connectivity index (χ3n) is 1.30. The first-order valence-corrected chi connectivity index (χ1v) is 3.56. The van der Waals surface area contributed by atoms with Crippen LogP contribution in [0.5, 0.6) is 0 Å². The third-order valence-corrected chi connectivity index (χ3v) is 1.59. The van der Waals surface area contributed by atoms with Gasteiger partial charge in [0.15, 0.2) is 5.82 Å². The maximum absolute atomic E-state index is 13.0. The van der Waals surface area contributed by atoms with E-state index in [1.807, 2.05) is 0 Å². The predicted molar refractivity (Wildman–Crippen MR) is 49.1 cm³/mol. The first kappa shape index (κ1) is 11.6. The van der Waals surface area contributed by atoms with Crippen molar-refractivity contribution in [1.82, 2.24) is 4.98 Å². The van der Waals surface area contributed by atoms with E-state index in [-0.39, 0.29) is 23.1 Å². The van der Waals surface area contributed by atoms with Crippen LogP contribution in [-0.4, -0.2) is 4.98 Å². The number of nitrogens with zero attached hydrogens (tertiary/aromatic N) is 1. The van der Waals surface area contributed by atoms with Gasteiger partial charge in [-0.15, -0.1) is 12.4 Å². The lowest BCUT2D eigenvalue weighted by Gasteiger charge is -2.05. The fourth-order valence-electron chi connectivity index (χ4n) is 0.753. The standard InChI is InChI=1S/C7H8ClFN2.ClH/c1-4(10)7-6(9)5(8)2-3-11-7;/h2-4H,10H2,1H3;1H/t4-;/m1./s1. The van der Waals surface area contributed by atoms with E-state index in [0.29, 0.717) is 0 Å². The molecule has 2 nitrogen and oxygen atoms in total. The first-order valence-electron chi connectivity index (χ1n) is 3.18. The smallest absolute Gasteiger partial charge is 0.164 e. The Hall–Kier alpha value is -0.380. The van der Waals surface area contributed by atoms with Crippen molar-refractivity contribution in [2.75, 3.05) is 0 Å². The molecule has 0 fully saturated rings. The molecule has 0 aliphatic carbocycles. The van der Waals surface area contributed by atoms with Gasteiger partial charge in [-0.2, -0.15) is 0 Å². The highest BCUT2D eigenvalue weighted by atomic mass is 35.5. The van der Waals surface area contributed by atoms with E-state index in [1.165, 1.54) is 12.3 Å². The number of hydrogen-bond acceptors (Lipinski definition) is 2. The molecular formula is C7H9Cl2FN2. The van der Waals surface area contributed by atoms with Gasteiger partial charge in [0.2, 0.25) is 0 Å². The highest BCUT2D eigenvalue weighted by Crippen LogP contribution is 2.18. The summed E-state index contributed by atoms with van der Waals surface area (Å²) in [5, 5.41) is 0.0623. The molecule has 68 valence electrons. The van der Waals surface area contributed by atoms with Gasteiger partial charge in [-0.3, -0.25) is 4.98 Å².